The first-order valence-electron chi connectivity index (χ1n) is 4.88. The Balaban J connectivity index is 2.91. The Kier molecular flexibility index (Phi) is 2.94. The summed E-state index contributed by atoms with van der Waals surface area (Å²) in [4.78, 5) is 0. The van der Waals surface area contributed by atoms with E-state index >= 15 is 0 Å². The van der Waals surface area contributed by atoms with Gasteiger partial charge in [0.15, 0.2) is 0 Å². The first-order valence-corrected chi connectivity index (χ1v) is 4.88. The lowest BCUT2D eigenvalue weighted by atomic mass is 9.78. The predicted octanol–water partition coefficient (Wildman–Crippen LogP) is -0.0959. The van der Waals surface area contributed by atoms with Crippen molar-refractivity contribution in [1.29, 1.82) is 0 Å². The zero-order valence-electron chi connectivity index (χ0n) is 9.19. The summed E-state index contributed by atoms with van der Waals surface area (Å²) in [5.41, 5.74) is -1.57. The van der Waals surface area contributed by atoms with Crippen LogP contribution in [-0.2, 0) is 4.74 Å². The van der Waals surface area contributed by atoms with E-state index in [2.05, 4.69) is 0 Å². The second kappa shape index (κ2) is 3.45. The molecule has 0 radical (unpaired) electrons. The van der Waals surface area contributed by atoms with Crippen LogP contribution in [0.4, 0.5) is 0 Å². The summed E-state index contributed by atoms with van der Waals surface area (Å²) in [5, 5.41) is 28.7. The average Bonchev–Trinajstić information content (AvgIpc) is 2.23. The Labute approximate surface area is 84.5 Å². The predicted molar refractivity (Wildman–Crippen MR) is 51.8 cm³/mol. The number of aliphatic hydroxyl groups is 3. The van der Waals surface area contributed by atoms with Crippen LogP contribution in [0.5, 0.6) is 0 Å². The Morgan fingerprint density at radius 2 is 1.86 bits per heavy atom. The van der Waals surface area contributed by atoms with Crippen LogP contribution >= 0.6 is 0 Å². The molecule has 14 heavy (non-hydrogen) atoms. The highest BCUT2D eigenvalue weighted by Gasteiger charge is 2.55. The summed E-state index contributed by atoms with van der Waals surface area (Å²) in [7, 11) is 0. The minimum Gasteiger partial charge on any atom is -0.394 e. The third-order valence-electron chi connectivity index (χ3n) is 2.76. The summed E-state index contributed by atoms with van der Waals surface area (Å²) >= 11 is 0. The maximum Gasteiger partial charge on any atom is 0.117 e. The molecule has 4 unspecified atom stereocenters. The Morgan fingerprint density at radius 3 is 2.07 bits per heavy atom. The van der Waals surface area contributed by atoms with Gasteiger partial charge in [0, 0.05) is 0 Å². The molecule has 0 aliphatic carbocycles. The van der Waals surface area contributed by atoms with E-state index < -0.39 is 23.9 Å². The van der Waals surface area contributed by atoms with Crippen molar-refractivity contribution in [3.8, 4) is 0 Å². The van der Waals surface area contributed by atoms with Crippen molar-refractivity contribution >= 4 is 0 Å². The van der Waals surface area contributed by atoms with Crippen molar-refractivity contribution in [2.75, 3.05) is 6.61 Å². The third-order valence-corrected chi connectivity index (χ3v) is 2.76. The molecule has 0 amide bonds. The van der Waals surface area contributed by atoms with Gasteiger partial charge in [-0.1, -0.05) is 20.8 Å². The Hall–Kier alpha value is -0.160. The van der Waals surface area contributed by atoms with Crippen LogP contribution in [0.3, 0.4) is 0 Å². The molecule has 0 aromatic rings. The topological polar surface area (TPSA) is 69.9 Å². The number of hydrogen-bond donors (Lipinski definition) is 3. The van der Waals surface area contributed by atoms with Gasteiger partial charge in [-0.15, -0.1) is 0 Å². The molecule has 1 aliphatic rings. The molecule has 1 fully saturated rings. The van der Waals surface area contributed by atoms with E-state index in [1.807, 2.05) is 20.8 Å². The molecule has 1 rings (SSSR count). The molecule has 1 heterocycles. The van der Waals surface area contributed by atoms with Crippen LogP contribution < -0.4 is 0 Å². The number of rotatable bonds is 1. The molecule has 3 N–H and O–H groups in total. The van der Waals surface area contributed by atoms with Crippen LogP contribution in [0.15, 0.2) is 0 Å². The first-order chi connectivity index (χ1) is 6.21. The zero-order valence-corrected chi connectivity index (χ0v) is 9.19. The summed E-state index contributed by atoms with van der Waals surface area (Å²) in [6.45, 7) is 7.06. The molecule has 0 bridgehead atoms. The lowest BCUT2D eigenvalue weighted by Crippen LogP contribution is -2.50. The molecule has 84 valence electrons. The third kappa shape index (κ3) is 1.80. The van der Waals surface area contributed by atoms with E-state index in [9.17, 15) is 10.2 Å². The van der Waals surface area contributed by atoms with Gasteiger partial charge >= 0.3 is 0 Å². The van der Waals surface area contributed by atoms with E-state index in [0.717, 1.165) is 0 Å². The van der Waals surface area contributed by atoms with Crippen LogP contribution in [0.1, 0.15) is 27.7 Å². The number of ether oxygens (including phenoxy) is 1. The molecular formula is C10H20O4. The maximum atomic E-state index is 10.1. The fourth-order valence-corrected chi connectivity index (χ4v) is 2.14. The minimum atomic E-state index is -1.30. The molecule has 4 heteroatoms. The van der Waals surface area contributed by atoms with Gasteiger partial charge in [-0.2, -0.15) is 0 Å². The lowest BCUT2D eigenvalue weighted by Gasteiger charge is -2.35. The van der Waals surface area contributed by atoms with E-state index in [1.54, 1.807) is 6.92 Å². The molecular weight excluding hydrogens is 184 g/mol. The lowest BCUT2D eigenvalue weighted by molar-refractivity contribution is -0.104. The van der Waals surface area contributed by atoms with Crippen LogP contribution in [0.25, 0.3) is 0 Å². The maximum absolute atomic E-state index is 10.1. The molecule has 4 atom stereocenters. The zero-order chi connectivity index (χ0) is 11.1. The summed E-state index contributed by atoms with van der Waals surface area (Å²) in [6, 6.07) is 0. The van der Waals surface area contributed by atoms with E-state index in [-0.39, 0.29) is 12.0 Å². The normalized spacial score (nSPS) is 44.4. The quantitative estimate of drug-likeness (QED) is 0.558. The summed E-state index contributed by atoms with van der Waals surface area (Å²) < 4.78 is 5.45. The fraction of sp³-hybridized carbons (Fsp3) is 1.00. The first kappa shape index (κ1) is 11.9. The van der Waals surface area contributed by atoms with Gasteiger partial charge in [-0.3, -0.25) is 0 Å². The van der Waals surface area contributed by atoms with Crippen molar-refractivity contribution in [2.45, 2.75) is 51.6 Å². The van der Waals surface area contributed by atoms with Gasteiger partial charge in [-0.25, -0.2) is 0 Å². The molecule has 4 nitrogen and oxygen atoms in total. The van der Waals surface area contributed by atoms with Crippen molar-refractivity contribution in [1.82, 2.24) is 0 Å². The highest BCUT2D eigenvalue weighted by Crippen LogP contribution is 2.40. The average molecular weight is 204 g/mol. The molecule has 0 aromatic carbocycles. The SMILES string of the molecule is CC(C)(C)C1OC(CO)C(O)C1(C)O. The molecule has 0 aromatic heterocycles. The van der Waals surface area contributed by atoms with E-state index in [0.29, 0.717) is 0 Å². The largest absolute Gasteiger partial charge is 0.394 e. The smallest absolute Gasteiger partial charge is 0.117 e. The Morgan fingerprint density at radius 1 is 1.36 bits per heavy atom. The minimum absolute atomic E-state index is 0.269. The van der Waals surface area contributed by atoms with Crippen molar-refractivity contribution in [3.05, 3.63) is 0 Å². The second-order valence-electron chi connectivity index (χ2n) is 5.27. The van der Waals surface area contributed by atoms with E-state index in [1.165, 1.54) is 0 Å². The van der Waals surface area contributed by atoms with Crippen molar-refractivity contribution < 1.29 is 20.1 Å². The van der Waals surface area contributed by atoms with Gasteiger partial charge in [0.25, 0.3) is 0 Å². The van der Waals surface area contributed by atoms with Gasteiger partial charge in [0.05, 0.1) is 12.7 Å². The molecule has 0 spiro atoms. The highest BCUT2D eigenvalue weighted by atomic mass is 16.6. The Bertz CT molecular complexity index is 207. The van der Waals surface area contributed by atoms with Gasteiger partial charge in [0.2, 0.25) is 0 Å². The molecule has 1 aliphatic heterocycles. The summed E-state index contributed by atoms with van der Waals surface area (Å²) in [5.74, 6) is 0. The van der Waals surface area contributed by atoms with E-state index in [4.69, 9.17) is 9.84 Å². The monoisotopic (exact) mass is 204 g/mol. The standard InChI is InChI=1S/C10H20O4/c1-9(2,3)8-10(4,13)7(12)6(5-11)14-8/h6-8,11-13H,5H2,1-4H3. The van der Waals surface area contributed by atoms with Crippen LogP contribution in [-0.4, -0.2) is 45.8 Å². The molecule has 0 saturated carbocycles. The summed E-state index contributed by atoms with van der Waals surface area (Å²) in [6.07, 6.45) is -2.19. The van der Waals surface area contributed by atoms with Crippen molar-refractivity contribution in [3.63, 3.8) is 0 Å². The van der Waals surface area contributed by atoms with Crippen LogP contribution in [0.2, 0.25) is 0 Å². The van der Waals surface area contributed by atoms with Crippen LogP contribution in [0, 0.1) is 5.41 Å². The fourth-order valence-electron chi connectivity index (χ4n) is 2.14. The highest BCUT2D eigenvalue weighted by molar-refractivity contribution is 5.04. The van der Waals surface area contributed by atoms with Gasteiger partial charge in [-0.05, 0) is 12.3 Å². The second-order valence-corrected chi connectivity index (χ2v) is 5.27. The van der Waals surface area contributed by atoms with Gasteiger partial charge in [0.1, 0.15) is 17.8 Å². The van der Waals surface area contributed by atoms with Gasteiger partial charge < -0.3 is 20.1 Å². The number of hydrogen-bond acceptors (Lipinski definition) is 4. The van der Waals surface area contributed by atoms with Crippen molar-refractivity contribution in [2.24, 2.45) is 5.41 Å². The molecule has 1 saturated heterocycles. The number of aliphatic hydroxyl groups excluding tert-OH is 2.